The van der Waals surface area contributed by atoms with Crippen LogP contribution in [0.25, 0.3) is 0 Å². The van der Waals surface area contributed by atoms with Gasteiger partial charge in [-0.3, -0.25) is 0 Å². The quantitative estimate of drug-likeness (QED) is 0.143. The molecular formula is C26H52O2. The Kier molecular flexibility index (Phi) is 30.1. The molecule has 1 unspecified atom stereocenters. The average molecular weight is 397 g/mol. The Morgan fingerprint density at radius 3 is 1.25 bits per heavy atom. The summed E-state index contributed by atoms with van der Waals surface area (Å²) in [5.41, 5.74) is 0. The number of hydrogen-bond donors (Lipinski definition) is 0. The Bertz CT molecular complexity index is 288. The van der Waals surface area contributed by atoms with E-state index >= 15 is 0 Å². The second-order valence-corrected chi connectivity index (χ2v) is 8.51. The molecule has 0 aromatic rings. The number of carbonyl (C=O) groups is 2. The first kappa shape index (κ1) is 29.5. The van der Waals surface area contributed by atoms with Crippen molar-refractivity contribution in [2.24, 2.45) is 5.92 Å². The van der Waals surface area contributed by atoms with Gasteiger partial charge in [-0.15, -0.1) is 0 Å². The van der Waals surface area contributed by atoms with Gasteiger partial charge < -0.3 is 9.59 Å². The second kappa shape index (κ2) is 28.5. The molecule has 168 valence electrons. The Balaban J connectivity index is 0. The Hall–Kier alpha value is -0.660. The summed E-state index contributed by atoms with van der Waals surface area (Å²) < 4.78 is 0. The molecule has 0 aliphatic carbocycles. The van der Waals surface area contributed by atoms with Crippen molar-refractivity contribution in [3.63, 3.8) is 0 Å². The monoisotopic (exact) mass is 396 g/mol. The van der Waals surface area contributed by atoms with Crippen LogP contribution in [0.15, 0.2) is 0 Å². The number of aldehydes is 2. The first-order chi connectivity index (χ1) is 13.7. The van der Waals surface area contributed by atoms with E-state index in [9.17, 15) is 9.59 Å². The highest BCUT2D eigenvalue weighted by molar-refractivity contribution is 5.52. The molecule has 0 aliphatic heterocycles. The molecule has 0 bridgehead atoms. The largest absolute Gasteiger partial charge is 0.303 e. The van der Waals surface area contributed by atoms with Crippen LogP contribution in [0, 0.1) is 5.92 Å². The van der Waals surface area contributed by atoms with Crippen LogP contribution in [0.3, 0.4) is 0 Å². The van der Waals surface area contributed by atoms with Crippen LogP contribution >= 0.6 is 0 Å². The summed E-state index contributed by atoms with van der Waals surface area (Å²) in [4.78, 5) is 20.4. The van der Waals surface area contributed by atoms with Gasteiger partial charge in [-0.1, -0.05) is 130 Å². The van der Waals surface area contributed by atoms with Gasteiger partial charge in [0.2, 0.25) is 0 Å². The van der Waals surface area contributed by atoms with Crippen LogP contribution in [0.2, 0.25) is 0 Å². The fraction of sp³-hybridized carbons (Fsp3) is 0.923. The number of rotatable bonds is 21. The van der Waals surface area contributed by atoms with Crippen molar-refractivity contribution in [3.05, 3.63) is 0 Å². The fourth-order valence-corrected chi connectivity index (χ4v) is 3.38. The maximum absolute atomic E-state index is 10.3. The predicted molar refractivity (Wildman–Crippen MR) is 125 cm³/mol. The maximum atomic E-state index is 10.3. The summed E-state index contributed by atoms with van der Waals surface area (Å²) in [6.45, 7) is 6.51. The molecule has 0 aromatic carbocycles. The number of unbranched alkanes of at least 4 members (excludes halogenated alkanes) is 17. The third kappa shape index (κ3) is 30.1. The fourth-order valence-electron chi connectivity index (χ4n) is 3.38. The van der Waals surface area contributed by atoms with Gasteiger partial charge in [0, 0.05) is 12.3 Å². The summed E-state index contributed by atoms with van der Waals surface area (Å²) >= 11 is 0. The van der Waals surface area contributed by atoms with Crippen LogP contribution in [0.1, 0.15) is 149 Å². The van der Waals surface area contributed by atoms with E-state index in [0.717, 1.165) is 31.8 Å². The Morgan fingerprint density at radius 1 is 0.536 bits per heavy atom. The minimum Gasteiger partial charge on any atom is -0.303 e. The lowest BCUT2D eigenvalue weighted by Gasteiger charge is -2.02. The van der Waals surface area contributed by atoms with Gasteiger partial charge in [-0.05, 0) is 12.8 Å². The SMILES string of the molecule is CCCCCCCCCC(C)C=O.CCCCCCCCCCCCCC=O. The topological polar surface area (TPSA) is 34.1 Å². The highest BCUT2D eigenvalue weighted by Gasteiger charge is 1.98. The van der Waals surface area contributed by atoms with Crippen LogP contribution < -0.4 is 0 Å². The van der Waals surface area contributed by atoms with Crippen LogP contribution in [-0.4, -0.2) is 12.6 Å². The average Bonchev–Trinajstić information content (AvgIpc) is 2.71. The van der Waals surface area contributed by atoms with E-state index in [-0.39, 0.29) is 5.92 Å². The second-order valence-electron chi connectivity index (χ2n) is 8.51. The molecular weight excluding hydrogens is 344 g/mol. The van der Waals surface area contributed by atoms with E-state index < -0.39 is 0 Å². The Morgan fingerprint density at radius 2 is 0.893 bits per heavy atom. The molecule has 0 aliphatic rings. The molecule has 0 rings (SSSR count). The molecule has 2 heteroatoms. The van der Waals surface area contributed by atoms with Crippen molar-refractivity contribution < 1.29 is 9.59 Å². The minimum atomic E-state index is 0.274. The lowest BCUT2D eigenvalue weighted by Crippen LogP contribution is -1.94. The van der Waals surface area contributed by atoms with Gasteiger partial charge in [0.15, 0.2) is 0 Å². The van der Waals surface area contributed by atoms with E-state index in [1.807, 2.05) is 6.92 Å². The molecule has 2 nitrogen and oxygen atoms in total. The third-order valence-corrected chi connectivity index (χ3v) is 5.42. The molecule has 0 N–H and O–H groups in total. The van der Waals surface area contributed by atoms with Gasteiger partial charge in [-0.2, -0.15) is 0 Å². The summed E-state index contributed by atoms with van der Waals surface area (Å²) in [5.74, 6) is 0.274. The zero-order valence-corrected chi connectivity index (χ0v) is 19.7. The molecule has 0 radical (unpaired) electrons. The van der Waals surface area contributed by atoms with Crippen molar-refractivity contribution in [2.75, 3.05) is 0 Å². The van der Waals surface area contributed by atoms with Gasteiger partial charge in [0.1, 0.15) is 12.6 Å². The van der Waals surface area contributed by atoms with Crippen molar-refractivity contribution in [2.45, 2.75) is 149 Å². The highest BCUT2D eigenvalue weighted by Crippen LogP contribution is 2.12. The summed E-state index contributed by atoms with van der Waals surface area (Å²) in [5, 5.41) is 0. The zero-order valence-electron chi connectivity index (χ0n) is 19.7. The molecule has 1 atom stereocenters. The molecule has 0 heterocycles. The van der Waals surface area contributed by atoms with E-state index in [2.05, 4.69) is 13.8 Å². The summed E-state index contributed by atoms with van der Waals surface area (Å²) in [7, 11) is 0. The van der Waals surface area contributed by atoms with Crippen molar-refractivity contribution in [1.82, 2.24) is 0 Å². The van der Waals surface area contributed by atoms with E-state index in [4.69, 9.17) is 0 Å². The van der Waals surface area contributed by atoms with Crippen LogP contribution in [0.5, 0.6) is 0 Å². The zero-order chi connectivity index (χ0) is 21.1. The molecule has 0 amide bonds. The van der Waals surface area contributed by atoms with E-state index in [1.165, 1.54) is 109 Å². The molecule has 0 aromatic heterocycles. The first-order valence-electron chi connectivity index (χ1n) is 12.6. The first-order valence-corrected chi connectivity index (χ1v) is 12.6. The number of hydrogen-bond acceptors (Lipinski definition) is 2. The van der Waals surface area contributed by atoms with Crippen LogP contribution in [-0.2, 0) is 9.59 Å². The lowest BCUT2D eigenvalue weighted by atomic mass is 10.0. The van der Waals surface area contributed by atoms with Crippen molar-refractivity contribution in [1.29, 1.82) is 0 Å². The van der Waals surface area contributed by atoms with Gasteiger partial charge >= 0.3 is 0 Å². The normalized spacial score (nSPS) is 11.5. The molecule has 0 fully saturated rings. The Labute approximate surface area is 177 Å². The van der Waals surface area contributed by atoms with E-state index in [0.29, 0.717) is 0 Å². The summed E-state index contributed by atoms with van der Waals surface area (Å²) in [6, 6.07) is 0. The maximum Gasteiger partial charge on any atom is 0.122 e. The standard InChI is InChI=1S/C14H28O.C12H24O/c1-2-3-4-5-6-7-8-9-10-11-12-13-14-15;1-3-4-5-6-7-8-9-10-12(2)11-13/h14H,2-13H2,1H3;11-12H,3-10H2,1-2H3. The smallest absolute Gasteiger partial charge is 0.122 e. The predicted octanol–water partition coefficient (Wildman–Crippen LogP) is 8.85. The van der Waals surface area contributed by atoms with Gasteiger partial charge in [0.05, 0.1) is 0 Å². The third-order valence-electron chi connectivity index (χ3n) is 5.42. The minimum absolute atomic E-state index is 0.274. The van der Waals surface area contributed by atoms with Gasteiger partial charge in [-0.25, -0.2) is 0 Å². The molecule has 28 heavy (non-hydrogen) atoms. The molecule has 0 saturated heterocycles. The highest BCUT2D eigenvalue weighted by atomic mass is 16.1. The van der Waals surface area contributed by atoms with Crippen LogP contribution in [0.4, 0.5) is 0 Å². The van der Waals surface area contributed by atoms with Crippen molar-refractivity contribution >= 4 is 12.6 Å². The number of carbonyl (C=O) groups excluding carboxylic acids is 2. The molecule has 0 saturated carbocycles. The van der Waals surface area contributed by atoms with Gasteiger partial charge in [0.25, 0.3) is 0 Å². The van der Waals surface area contributed by atoms with E-state index in [1.54, 1.807) is 0 Å². The summed E-state index contributed by atoms with van der Waals surface area (Å²) in [6.07, 6.45) is 28.2. The van der Waals surface area contributed by atoms with Crippen molar-refractivity contribution in [3.8, 4) is 0 Å². The lowest BCUT2D eigenvalue weighted by molar-refractivity contribution is -0.111. The molecule has 0 spiro atoms.